The van der Waals surface area contributed by atoms with Gasteiger partial charge in [-0.25, -0.2) is 0 Å². The molecule has 0 atom stereocenters. The van der Waals surface area contributed by atoms with Crippen molar-refractivity contribution in [2.75, 3.05) is 7.11 Å². The summed E-state index contributed by atoms with van der Waals surface area (Å²) < 4.78 is 5.15. The number of hydrogen-bond acceptors (Lipinski definition) is 2. The zero-order chi connectivity index (χ0) is 29.6. The van der Waals surface area contributed by atoms with Gasteiger partial charge in [-0.1, -0.05) is 89.5 Å². The predicted octanol–water partition coefficient (Wildman–Crippen LogP) is 11.6. The molecule has 0 radical (unpaired) electrons. The third kappa shape index (κ3) is 7.24. The van der Waals surface area contributed by atoms with Crippen LogP contribution in [0.5, 0.6) is 0 Å². The molecule has 214 valence electrons. The van der Waals surface area contributed by atoms with Gasteiger partial charge in [0, 0.05) is 16.9 Å². The molecule has 5 aromatic rings. The smallest absolute Gasteiger partial charge is 0.0508 e. The van der Waals surface area contributed by atoms with Gasteiger partial charge in [0.1, 0.15) is 0 Å². The molecule has 0 heterocycles. The number of aryl methyl sites for hydroxylation is 5. The van der Waals surface area contributed by atoms with E-state index in [4.69, 9.17) is 4.18 Å². The highest BCUT2D eigenvalue weighted by Crippen LogP contribution is 2.32. The molecule has 0 spiro atoms. The monoisotopic (exact) mass is 570 g/mol. The van der Waals surface area contributed by atoms with Crippen LogP contribution >= 0.6 is 12.0 Å². The van der Waals surface area contributed by atoms with Crippen LogP contribution in [0.1, 0.15) is 65.6 Å². The van der Waals surface area contributed by atoms with Crippen molar-refractivity contribution in [2.24, 2.45) is 0 Å². The van der Waals surface area contributed by atoms with Crippen LogP contribution in [-0.4, -0.2) is 7.11 Å². The SMILES string of the molecule is COSc1ccc(CC/C(C)=C/c2ccc3cc4c(C)c(/C=C(\C)CCc5ccc(C)cc5)ccc4cc3c2C)cc1. The first kappa shape index (κ1) is 29.9. The average molecular weight is 571 g/mol. The Balaban J connectivity index is 1.33. The average Bonchev–Trinajstić information content (AvgIpc) is 2.99. The largest absolute Gasteiger partial charge is 0.314 e. The van der Waals surface area contributed by atoms with Crippen molar-refractivity contribution in [2.45, 2.75) is 65.2 Å². The Hall–Kier alpha value is -3.59. The van der Waals surface area contributed by atoms with Crippen LogP contribution in [0.2, 0.25) is 0 Å². The van der Waals surface area contributed by atoms with Gasteiger partial charge in [-0.15, -0.1) is 0 Å². The Morgan fingerprint density at radius 3 is 1.52 bits per heavy atom. The standard InChI is InChI=1S/C40H42OS/c1-27-7-11-32(12-8-27)13-9-28(2)23-34-17-19-36-26-40-31(5)35(18-20-37(40)25-39(36)30(34)4)24-29(3)10-14-33-15-21-38(22-16-33)42-41-6/h7-8,11-12,15-26H,9-10,13-14H2,1-6H3/b28-23+,29-24+. The number of allylic oxidation sites excluding steroid dienone is 2. The number of fused-ring (bicyclic) bond motifs is 2. The third-order valence-corrected chi connectivity index (χ3v) is 9.06. The van der Waals surface area contributed by atoms with Gasteiger partial charge in [-0.2, -0.15) is 0 Å². The Morgan fingerprint density at radius 1 is 0.619 bits per heavy atom. The second kappa shape index (κ2) is 13.6. The van der Waals surface area contributed by atoms with E-state index in [0.29, 0.717) is 0 Å². The van der Waals surface area contributed by atoms with E-state index in [1.807, 2.05) is 0 Å². The van der Waals surface area contributed by atoms with Crippen LogP contribution < -0.4 is 0 Å². The summed E-state index contributed by atoms with van der Waals surface area (Å²) in [5.74, 6) is 0. The van der Waals surface area contributed by atoms with Crippen molar-refractivity contribution in [1.29, 1.82) is 0 Å². The maximum absolute atomic E-state index is 5.15. The van der Waals surface area contributed by atoms with Gasteiger partial charge in [0.15, 0.2) is 0 Å². The van der Waals surface area contributed by atoms with Gasteiger partial charge in [0.2, 0.25) is 0 Å². The lowest BCUT2D eigenvalue weighted by Gasteiger charge is -2.13. The van der Waals surface area contributed by atoms with E-state index in [1.165, 1.54) is 83.7 Å². The van der Waals surface area contributed by atoms with Crippen LogP contribution in [0.25, 0.3) is 33.7 Å². The summed E-state index contributed by atoms with van der Waals surface area (Å²) in [7, 11) is 1.70. The van der Waals surface area contributed by atoms with E-state index in [0.717, 1.165) is 30.6 Å². The summed E-state index contributed by atoms with van der Waals surface area (Å²) in [6, 6.07) is 31.5. The zero-order valence-corrected chi connectivity index (χ0v) is 26.7. The van der Waals surface area contributed by atoms with E-state index in [-0.39, 0.29) is 0 Å². The fraction of sp³-hybridized carbons (Fsp3) is 0.250. The van der Waals surface area contributed by atoms with Crippen molar-refractivity contribution in [3.63, 3.8) is 0 Å². The van der Waals surface area contributed by atoms with Crippen molar-refractivity contribution < 1.29 is 4.18 Å². The van der Waals surface area contributed by atoms with Gasteiger partial charge in [0.25, 0.3) is 0 Å². The van der Waals surface area contributed by atoms with Gasteiger partial charge >= 0.3 is 0 Å². The molecule has 0 unspecified atom stereocenters. The molecule has 1 nitrogen and oxygen atoms in total. The van der Waals surface area contributed by atoms with E-state index < -0.39 is 0 Å². The summed E-state index contributed by atoms with van der Waals surface area (Å²) in [4.78, 5) is 1.14. The lowest BCUT2D eigenvalue weighted by molar-refractivity contribution is 0.490. The normalized spacial score (nSPS) is 12.4. The minimum Gasteiger partial charge on any atom is -0.314 e. The number of benzene rings is 5. The summed E-state index contributed by atoms with van der Waals surface area (Å²) >= 11 is 1.40. The summed E-state index contributed by atoms with van der Waals surface area (Å²) in [5.41, 5.74) is 12.2. The minimum absolute atomic E-state index is 1.04. The lowest BCUT2D eigenvalue weighted by Crippen LogP contribution is -1.91. The second-order valence-corrected chi connectivity index (χ2v) is 12.7. The number of hydrogen-bond donors (Lipinski definition) is 0. The van der Waals surface area contributed by atoms with Crippen molar-refractivity contribution in [3.8, 4) is 0 Å². The molecule has 0 bridgehead atoms. The van der Waals surface area contributed by atoms with Crippen LogP contribution in [-0.2, 0) is 17.0 Å². The predicted molar refractivity (Wildman–Crippen MR) is 185 cm³/mol. The Kier molecular flexibility index (Phi) is 9.67. The van der Waals surface area contributed by atoms with Gasteiger partial charge < -0.3 is 4.18 Å². The van der Waals surface area contributed by atoms with E-state index in [2.05, 4.69) is 132 Å². The topological polar surface area (TPSA) is 9.23 Å². The highest BCUT2D eigenvalue weighted by molar-refractivity contribution is 7.94. The molecular formula is C40H42OS. The van der Waals surface area contributed by atoms with Crippen molar-refractivity contribution >= 4 is 45.7 Å². The zero-order valence-electron chi connectivity index (χ0n) is 25.9. The van der Waals surface area contributed by atoms with Gasteiger partial charge in [-0.05, 0) is 139 Å². The maximum atomic E-state index is 5.15. The Labute approximate surface area is 256 Å². The Morgan fingerprint density at radius 2 is 1.07 bits per heavy atom. The maximum Gasteiger partial charge on any atom is 0.0508 e. The molecule has 5 rings (SSSR count). The molecule has 2 heteroatoms. The second-order valence-electron chi connectivity index (χ2n) is 11.7. The van der Waals surface area contributed by atoms with Crippen LogP contribution in [0.4, 0.5) is 0 Å². The first-order valence-electron chi connectivity index (χ1n) is 15.0. The third-order valence-electron chi connectivity index (χ3n) is 8.42. The van der Waals surface area contributed by atoms with E-state index in [1.54, 1.807) is 7.11 Å². The minimum atomic E-state index is 1.04. The summed E-state index contributed by atoms with van der Waals surface area (Å²) in [6.45, 7) is 11.2. The Bertz CT molecular complexity index is 1760. The number of rotatable bonds is 10. The van der Waals surface area contributed by atoms with Gasteiger partial charge in [0.05, 0.1) is 7.11 Å². The summed E-state index contributed by atoms with van der Waals surface area (Å²) in [6.07, 6.45) is 8.99. The first-order chi connectivity index (χ1) is 20.3. The molecule has 0 fully saturated rings. The van der Waals surface area contributed by atoms with Crippen LogP contribution in [0, 0.1) is 20.8 Å². The molecule has 42 heavy (non-hydrogen) atoms. The molecular weight excluding hydrogens is 529 g/mol. The molecule has 0 aromatic heterocycles. The van der Waals surface area contributed by atoms with Crippen molar-refractivity contribution in [1.82, 2.24) is 0 Å². The molecule has 0 N–H and O–H groups in total. The highest BCUT2D eigenvalue weighted by atomic mass is 32.2. The van der Waals surface area contributed by atoms with E-state index in [9.17, 15) is 0 Å². The lowest BCUT2D eigenvalue weighted by atomic mass is 9.92. The first-order valence-corrected chi connectivity index (χ1v) is 15.7. The van der Waals surface area contributed by atoms with E-state index >= 15 is 0 Å². The fourth-order valence-corrected chi connectivity index (χ4v) is 6.15. The van der Waals surface area contributed by atoms with Crippen molar-refractivity contribution in [3.05, 3.63) is 135 Å². The molecule has 0 saturated carbocycles. The molecule has 0 amide bonds. The van der Waals surface area contributed by atoms with Crippen LogP contribution in [0.3, 0.4) is 0 Å². The molecule has 0 aliphatic rings. The highest BCUT2D eigenvalue weighted by Gasteiger charge is 2.09. The molecule has 0 aliphatic heterocycles. The van der Waals surface area contributed by atoms with Gasteiger partial charge in [-0.3, -0.25) is 0 Å². The molecule has 0 aliphatic carbocycles. The quantitative estimate of drug-likeness (QED) is 0.122. The molecule has 0 saturated heterocycles. The molecule has 5 aromatic carbocycles. The van der Waals surface area contributed by atoms with Crippen LogP contribution in [0.15, 0.2) is 101 Å². The fourth-order valence-electron chi connectivity index (χ4n) is 5.71. The summed E-state index contributed by atoms with van der Waals surface area (Å²) in [5, 5.41) is 5.30.